The maximum absolute atomic E-state index is 13.0. The van der Waals surface area contributed by atoms with Crippen molar-refractivity contribution in [3.05, 3.63) is 170 Å². The van der Waals surface area contributed by atoms with Gasteiger partial charge in [-0.3, -0.25) is 32.5 Å². The minimum Gasteiger partial charge on any atom is -0.463 e. The second-order valence-corrected chi connectivity index (χ2v) is 28.7. The average Bonchev–Trinajstić information content (AvgIpc) is 0.922. The van der Waals surface area contributed by atoms with Gasteiger partial charge >= 0.3 is 33.6 Å². The first-order chi connectivity index (χ1) is 50.2. The molecule has 0 fully saturated rings. The Hall–Kier alpha value is -5.09. The van der Waals surface area contributed by atoms with Crippen LogP contribution in [0.5, 0.6) is 0 Å². The van der Waals surface area contributed by atoms with E-state index in [0.717, 1.165) is 205 Å². The molecule has 0 aliphatic rings. The van der Waals surface area contributed by atoms with Crippen molar-refractivity contribution in [2.45, 2.75) is 309 Å². The first-order valence-corrected chi connectivity index (χ1v) is 42.4. The van der Waals surface area contributed by atoms with Crippen molar-refractivity contribution >= 4 is 33.6 Å². The predicted octanol–water partition coefficient (Wildman–Crippen LogP) is 23.2. The highest BCUT2D eigenvalue weighted by Crippen LogP contribution is 2.45. The van der Waals surface area contributed by atoms with Crippen molar-refractivity contribution in [2.24, 2.45) is 0 Å². The number of hydrogen-bond donors (Lipinski definition) is 4. The molecule has 16 nitrogen and oxygen atoms in total. The Morgan fingerprint density at radius 2 is 0.515 bits per heavy atom. The number of hydrogen-bond acceptors (Lipinski definition) is 14. The van der Waals surface area contributed by atoms with Crippen molar-refractivity contribution in [2.75, 3.05) is 39.6 Å². The zero-order valence-corrected chi connectivity index (χ0v) is 65.7. The number of allylic oxidation sites excluding steroid dienone is 28. The van der Waals surface area contributed by atoms with E-state index in [1.807, 2.05) is 0 Å². The van der Waals surface area contributed by atoms with Crippen molar-refractivity contribution in [1.82, 2.24) is 0 Å². The minimum atomic E-state index is -4.95. The summed E-state index contributed by atoms with van der Waals surface area (Å²) >= 11 is 0. The molecule has 0 aliphatic heterocycles. The largest absolute Gasteiger partial charge is 0.472 e. The Morgan fingerprint density at radius 1 is 0.282 bits per heavy atom. The van der Waals surface area contributed by atoms with Crippen LogP contribution in [0.2, 0.25) is 0 Å². The molecule has 0 spiro atoms. The molecule has 0 heterocycles. The van der Waals surface area contributed by atoms with E-state index < -0.39 is 91.5 Å². The summed E-state index contributed by atoms with van der Waals surface area (Å²) in [4.78, 5) is 58.7. The molecular weight excluding hydrogens is 1340 g/mol. The third kappa shape index (κ3) is 77.8. The summed E-state index contributed by atoms with van der Waals surface area (Å²) in [7, 11) is -9.82. The maximum Gasteiger partial charge on any atom is 0.472 e. The summed E-state index contributed by atoms with van der Waals surface area (Å²) < 4.78 is 61.2. The van der Waals surface area contributed by atoms with E-state index >= 15 is 0 Å². The number of esters is 3. The Labute approximate surface area is 624 Å². The summed E-state index contributed by atoms with van der Waals surface area (Å²) in [6, 6.07) is 0. The van der Waals surface area contributed by atoms with Crippen LogP contribution >= 0.6 is 15.6 Å². The number of carbonyl (C=O) groups excluding carboxylic acids is 3. The van der Waals surface area contributed by atoms with Crippen LogP contribution in [0, 0.1) is 0 Å². The van der Waals surface area contributed by atoms with Gasteiger partial charge < -0.3 is 34.2 Å². The average molecular weight is 1480 g/mol. The Morgan fingerprint density at radius 3 is 0.816 bits per heavy atom. The van der Waals surface area contributed by atoms with Crippen molar-refractivity contribution < 1.29 is 75.8 Å². The normalized spacial score (nSPS) is 14.9. The highest BCUT2D eigenvalue weighted by molar-refractivity contribution is 7.47. The van der Waals surface area contributed by atoms with Crippen LogP contribution in [-0.2, 0) is 55.8 Å². The SMILES string of the molecule is CC/C=C\C/C=C\C/C=C\C/C=C\C/C=C\CCCCCCCCCC(=O)OCC(O)COP(=O)(O)OCC(O)COP(=O)(O)OCC(COC(=O)CCCCCCCCC/C=C\C/C=C\C/C=C\C/C=C\CCCCC)OC(=O)CCCCCCC/C=C\C/C=C\C/C=C\C/C=C\C/C=C\CC. The third-order valence-corrected chi connectivity index (χ3v) is 17.8. The van der Waals surface area contributed by atoms with Crippen molar-refractivity contribution in [3.63, 3.8) is 0 Å². The summed E-state index contributed by atoms with van der Waals surface area (Å²) in [5.74, 6) is -1.63. The van der Waals surface area contributed by atoms with Gasteiger partial charge in [0.2, 0.25) is 0 Å². The molecule has 0 aliphatic carbocycles. The Kier molecular flexibility index (Phi) is 72.8. The van der Waals surface area contributed by atoms with Gasteiger partial charge in [0.05, 0.1) is 26.4 Å². The van der Waals surface area contributed by atoms with Crippen molar-refractivity contribution in [3.8, 4) is 0 Å². The molecule has 0 radical (unpaired) electrons. The van der Waals surface area contributed by atoms with E-state index in [2.05, 4.69) is 191 Å². The molecule has 0 aromatic carbocycles. The molecule has 0 amide bonds. The van der Waals surface area contributed by atoms with Crippen LogP contribution in [0.1, 0.15) is 290 Å². The Balaban J connectivity index is 4.76. The standard InChI is InChI=1S/C85H140O16P2/c1-4-7-10-13-16-19-22-25-28-31-34-37-39-42-44-47-50-53-56-59-62-65-68-71-83(88)95-74-80(86)75-97-102(91,92)98-76-81(87)77-99-103(93,94)100-79-82(101-85(90)73-70-67-64-61-58-55-52-49-46-41-36-33-30-27-24-21-18-15-12-9-6-3)78-96-84(89)72-69-66-63-60-57-54-51-48-45-43-40-38-35-32-29-26-23-20-17-14-11-8-5-2/h7,9-10,12,16-21,25-30,34-38,41-45,49,52,80-82,86-87H,4-6,8,11,13-15,22-24,31-33,39-40,46-48,50-51,53-79H2,1-3H3,(H,91,92)(H,93,94)/b10-7-,12-9-,19-16-,20-17-,21-18-,28-25-,29-26-,30-27-,37-34-,38-35-,41-36-,44-42-,45-43-,52-49-. The fourth-order valence-electron chi connectivity index (χ4n) is 9.96. The van der Waals surface area contributed by atoms with Crippen molar-refractivity contribution in [1.29, 1.82) is 0 Å². The third-order valence-electron chi connectivity index (χ3n) is 15.9. The van der Waals surface area contributed by atoms with Gasteiger partial charge in [-0.1, -0.05) is 287 Å². The maximum atomic E-state index is 13.0. The number of aliphatic hydroxyl groups excluding tert-OH is 2. The molecule has 0 aromatic heterocycles. The number of aliphatic hydroxyl groups is 2. The summed E-state index contributed by atoms with van der Waals surface area (Å²) in [5, 5.41) is 20.6. The summed E-state index contributed by atoms with van der Waals surface area (Å²) in [5.41, 5.74) is 0. The summed E-state index contributed by atoms with van der Waals surface area (Å²) in [6.07, 6.45) is 96.6. The van der Waals surface area contributed by atoms with Gasteiger partial charge in [0.25, 0.3) is 0 Å². The lowest BCUT2D eigenvalue weighted by Gasteiger charge is -2.21. The predicted molar refractivity (Wildman–Crippen MR) is 426 cm³/mol. The van der Waals surface area contributed by atoms with Crippen LogP contribution in [0.4, 0.5) is 0 Å². The number of phosphoric acid groups is 2. The number of carbonyl (C=O) groups is 3. The van der Waals surface area contributed by atoms with E-state index in [0.29, 0.717) is 19.3 Å². The monoisotopic (exact) mass is 1480 g/mol. The fraction of sp³-hybridized carbons (Fsp3) is 0.635. The summed E-state index contributed by atoms with van der Waals surface area (Å²) in [6.45, 7) is 2.37. The van der Waals surface area contributed by atoms with E-state index in [-0.39, 0.29) is 19.3 Å². The minimum absolute atomic E-state index is 0.0731. The first-order valence-electron chi connectivity index (χ1n) is 39.4. The van der Waals surface area contributed by atoms with Gasteiger partial charge in [-0.2, -0.15) is 0 Å². The molecule has 5 atom stereocenters. The molecule has 103 heavy (non-hydrogen) atoms. The van der Waals surface area contributed by atoms with Gasteiger partial charge in [-0.05, 0) is 154 Å². The van der Waals surface area contributed by atoms with E-state index in [4.69, 9.17) is 32.3 Å². The van der Waals surface area contributed by atoms with Crippen LogP contribution in [0.25, 0.3) is 0 Å². The second kappa shape index (κ2) is 76.6. The Bertz CT molecular complexity index is 2550. The lowest BCUT2D eigenvalue weighted by atomic mass is 10.1. The van der Waals surface area contributed by atoms with Gasteiger partial charge in [-0.15, -0.1) is 0 Å². The molecule has 0 rings (SSSR count). The lowest BCUT2D eigenvalue weighted by Crippen LogP contribution is -2.30. The van der Waals surface area contributed by atoms with Gasteiger partial charge in [-0.25, -0.2) is 9.13 Å². The number of unbranched alkanes of at least 4 members (excludes halogenated alkanes) is 22. The molecular formula is C85H140O16P2. The van der Waals surface area contributed by atoms with Crippen LogP contribution < -0.4 is 0 Å². The zero-order chi connectivity index (χ0) is 75.2. The van der Waals surface area contributed by atoms with E-state index in [1.54, 1.807) is 0 Å². The molecule has 0 aromatic rings. The number of ether oxygens (including phenoxy) is 3. The van der Waals surface area contributed by atoms with Gasteiger partial charge in [0, 0.05) is 19.3 Å². The topological polar surface area (TPSA) is 231 Å². The molecule has 0 bridgehead atoms. The fourth-order valence-corrected chi connectivity index (χ4v) is 11.5. The number of phosphoric ester groups is 2. The molecule has 5 unspecified atom stereocenters. The number of rotatable bonds is 73. The van der Waals surface area contributed by atoms with Crippen LogP contribution in [-0.4, -0.2) is 95.9 Å². The van der Waals surface area contributed by atoms with Crippen LogP contribution in [0.3, 0.4) is 0 Å². The highest BCUT2D eigenvalue weighted by Gasteiger charge is 2.29. The smallest absolute Gasteiger partial charge is 0.463 e. The van der Waals surface area contributed by atoms with Gasteiger partial charge in [0.15, 0.2) is 6.10 Å². The van der Waals surface area contributed by atoms with Gasteiger partial charge in [0.1, 0.15) is 25.4 Å². The van der Waals surface area contributed by atoms with E-state index in [1.165, 1.54) is 25.7 Å². The molecule has 0 saturated heterocycles. The zero-order valence-electron chi connectivity index (χ0n) is 63.9. The second-order valence-electron chi connectivity index (χ2n) is 25.7. The van der Waals surface area contributed by atoms with Crippen LogP contribution in [0.15, 0.2) is 170 Å². The molecule has 586 valence electrons. The molecule has 18 heteroatoms. The molecule has 4 N–H and O–H groups in total. The lowest BCUT2D eigenvalue weighted by molar-refractivity contribution is -0.161. The molecule has 0 saturated carbocycles. The first kappa shape index (κ1) is 97.9. The van der Waals surface area contributed by atoms with E-state index in [9.17, 15) is 43.5 Å². The quantitative estimate of drug-likeness (QED) is 0.0146. The highest BCUT2D eigenvalue weighted by atomic mass is 31.2.